The lowest BCUT2D eigenvalue weighted by molar-refractivity contribution is -0.149. The summed E-state index contributed by atoms with van der Waals surface area (Å²) in [5.41, 5.74) is 2.51. The van der Waals surface area contributed by atoms with Gasteiger partial charge in [0.05, 0.1) is 18.8 Å². The van der Waals surface area contributed by atoms with Crippen LogP contribution in [0.25, 0.3) is 0 Å². The van der Waals surface area contributed by atoms with E-state index in [1.807, 2.05) is 6.92 Å². The number of rotatable bonds is 5. The summed E-state index contributed by atoms with van der Waals surface area (Å²) in [6, 6.07) is 8.70. The van der Waals surface area contributed by atoms with Crippen LogP contribution in [0.3, 0.4) is 0 Å². The zero-order valence-corrected chi connectivity index (χ0v) is 12.4. The molecular formula is C16H23NO3. The van der Waals surface area contributed by atoms with Crippen LogP contribution >= 0.6 is 0 Å². The molecule has 1 heterocycles. The van der Waals surface area contributed by atoms with Crippen molar-refractivity contribution in [3.05, 3.63) is 35.4 Å². The Morgan fingerprint density at radius 3 is 3.00 bits per heavy atom. The molecule has 2 rings (SSSR count). The van der Waals surface area contributed by atoms with Gasteiger partial charge in [-0.05, 0) is 32.4 Å². The van der Waals surface area contributed by atoms with Crippen molar-refractivity contribution < 1.29 is 14.3 Å². The number of ether oxygens (including phenoxy) is 2. The first-order valence-corrected chi connectivity index (χ1v) is 7.15. The topological polar surface area (TPSA) is 47.6 Å². The van der Waals surface area contributed by atoms with E-state index >= 15 is 0 Å². The number of nitrogens with one attached hydrogen (secondary N) is 1. The molecule has 3 atom stereocenters. The summed E-state index contributed by atoms with van der Waals surface area (Å²) < 4.78 is 11.0. The van der Waals surface area contributed by atoms with Gasteiger partial charge in [-0.15, -0.1) is 0 Å². The second-order valence-electron chi connectivity index (χ2n) is 5.43. The molecule has 4 nitrogen and oxygen atoms in total. The third-order valence-electron chi connectivity index (χ3n) is 3.48. The van der Waals surface area contributed by atoms with Gasteiger partial charge < -0.3 is 14.8 Å². The van der Waals surface area contributed by atoms with E-state index in [1.54, 1.807) is 0 Å². The van der Waals surface area contributed by atoms with Gasteiger partial charge in [0.25, 0.3) is 0 Å². The van der Waals surface area contributed by atoms with Gasteiger partial charge in [0.2, 0.25) is 0 Å². The van der Waals surface area contributed by atoms with Gasteiger partial charge in [-0.1, -0.05) is 29.8 Å². The molecule has 0 aromatic heterocycles. The highest BCUT2D eigenvalue weighted by Gasteiger charge is 2.29. The fourth-order valence-corrected chi connectivity index (χ4v) is 2.63. The monoisotopic (exact) mass is 277 g/mol. The molecule has 0 bridgehead atoms. The van der Waals surface area contributed by atoms with E-state index in [9.17, 15) is 4.79 Å². The summed E-state index contributed by atoms with van der Waals surface area (Å²) in [7, 11) is 0. The Balaban J connectivity index is 1.92. The van der Waals surface area contributed by atoms with Gasteiger partial charge in [-0.25, -0.2) is 0 Å². The van der Waals surface area contributed by atoms with Crippen molar-refractivity contribution in [3.63, 3.8) is 0 Å². The van der Waals surface area contributed by atoms with Crippen LogP contribution in [-0.2, 0) is 14.3 Å². The molecule has 1 aliphatic heterocycles. The van der Waals surface area contributed by atoms with Crippen LogP contribution in [0.4, 0.5) is 0 Å². The van der Waals surface area contributed by atoms with Crippen molar-refractivity contribution in [2.45, 2.75) is 45.4 Å². The zero-order chi connectivity index (χ0) is 14.5. The van der Waals surface area contributed by atoms with Crippen LogP contribution in [0.15, 0.2) is 24.3 Å². The summed E-state index contributed by atoms with van der Waals surface area (Å²) in [6.45, 7) is 6.76. The maximum absolute atomic E-state index is 10.9. The molecule has 1 aromatic rings. The van der Waals surface area contributed by atoms with E-state index < -0.39 is 0 Å². The number of hydrogen-bond acceptors (Lipinski definition) is 4. The normalized spacial score (nSPS) is 23.6. The number of aryl methyl sites for hydroxylation is 1. The predicted octanol–water partition coefficient (Wildman–Crippen LogP) is 2.37. The molecule has 110 valence electrons. The maximum Gasteiger partial charge on any atom is 0.302 e. The average Bonchev–Trinajstić information content (AvgIpc) is 2.84. The highest BCUT2D eigenvalue weighted by atomic mass is 16.6. The minimum atomic E-state index is -0.263. The standard InChI is InChI=1S/C16H23NO3/c1-11-5-4-6-14(9-11)16-15(7-8-17-16)19-10-12(2)20-13(3)18/h4-6,9,12,15-17H,7-8,10H2,1-3H3/t12?,15-,16-/m1/s1. The van der Waals surface area contributed by atoms with Crippen molar-refractivity contribution in [1.82, 2.24) is 5.32 Å². The molecule has 1 aromatic carbocycles. The number of esters is 1. The third-order valence-corrected chi connectivity index (χ3v) is 3.48. The van der Waals surface area contributed by atoms with Crippen LogP contribution in [-0.4, -0.2) is 31.3 Å². The second kappa shape index (κ2) is 6.86. The molecule has 0 amide bonds. The molecular weight excluding hydrogens is 254 g/mol. The van der Waals surface area contributed by atoms with Crippen molar-refractivity contribution in [3.8, 4) is 0 Å². The minimum absolute atomic E-state index is 0.134. The highest BCUT2D eigenvalue weighted by Crippen LogP contribution is 2.27. The fraction of sp³-hybridized carbons (Fsp3) is 0.562. The Kier molecular flexibility index (Phi) is 5.15. The van der Waals surface area contributed by atoms with Crippen LogP contribution in [0, 0.1) is 6.92 Å². The maximum atomic E-state index is 10.9. The Morgan fingerprint density at radius 1 is 1.50 bits per heavy atom. The molecule has 4 heteroatoms. The lowest BCUT2D eigenvalue weighted by atomic mass is 10.0. The molecule has 0 radical (unpaired) electrons. The molecule has 0 spiro atoms. The van der Waals surface area contributed by atoms with E-state index in [1.165, 1.54) is 18.1 Å². The van der Waals surface area contributed by atoms with Crippen molar-refractivity contribution in [2.75, 3.05) is 13.2 Å². The molecule has 0 saturated carbocycles. The van der Waals surface area contributed by atoms with Crippen molar-refractivity contribution in [1.29, 1.82) is 0 Å². The number of carbonyl (C=O) groups is 1. The van der Waals surface area contributed by atoms with Crippen molar-refractivity contribution in [2.24, 2.45) is 0 Å². The van der Waals surface area contributed by atoms with Gasteiger partial charge in [0.1, 0.15) is 6.10 Å². The molecule has 1 fully saturated rings. The van der Waals surface area contributed by atoms with Gasteiger partial charge in [-0.3, -0.25) is 4.79 Å². The molecule has 0 aliphatic carbocycles. The average molecular weight is 277 g/mol. The minimum Gasteiger partial charge on any atom is -0.460 e. The van der Waals surface area contributed by atoms with Crippen LogP contribution in [0.1, 0.15) is 37.4 Å². The fourth-order valence-electron chi connectivity index (χ4n) is 2.63. The summed E-state index contributed by atoms with van der Waals surface area (Å²) in [5.74, 6) is -0.263. The highest BCUT2D eigenvalue weighted by molar-refractivity contribution is 5.66. The lowest BCUT2D eigenvalue weighted by Gasteiger charge is -2.22. The zero-order valence-electron chi connectivity index (χ0n) is 12.4. The Bertz CT molecular complexity index is 461. The predicted molar refractivity (Wildman–Crippen MR) is 77.5 cm³/mol. The van der Waals surface area contributed by atoms with E-state index in [0.29, 0.717) is 6.61 Å². The Morgan fingerprint density at radius 2 is 2.30 bits per heavy atom. The molecule has 1 N–H and O–H groups in total. The quantitative estimate of drug-likeness (QED) is 0.839. The first-order valence-electron chi connectivity index (χ1n) is 7.15. The number of hydrogen-bond donors (Lipinski definition) is 1. The van der Waals surface area contributed by atoms with Crippen LogP contribution in [0.5, 0.6) is 0 Å². The van der Waals surface area contributed by atoms with Gasteiger partial charge in [-0.2, -0.15) is 0 Å². The van der Waals surface area contributed by atoms with Gasteiger partial charge >= 0.3 is 5.97 Å². The second-order valence-corrected chi connectivity index (χ2v) is 5.43. The van der Waals surface area contributed by atoms with Crippen LogP contribution in [0.2, 0.25) is 0 Å². The first-order chi connectivity index (χ1) is 9.56. The van der Waals surface area contributed by atoms with E-state index in [-0.39, 0.29) is 24.2 Å². The van der Waals surface area contributed by atoms with Crippen LogP contribution < -0.4 is 5.32 Å². The molecule has 1 unspecified atom stereocenters. The number of benzene rings is 1. The summed E-state index contributed by atoms with van der Waals surface area (Å²) in [6.07, 6.45) is 0.909. The summed E-state index contributed by atoms with van der Waals surface area (Å²) in [4.78, 5) is 10.9. The smallest absolute Gasteiger partial charge is 0.302 e. The van der Waals surface area contributed by atoms with E-state index in [0.717, 1.165) is 13.0 Å². The molecule has 1 saturated heterocycles. The van der Waals surface area contributed by atoms with Gasteiger partial charge in [0, 0.05) is 6.92 Å². The van der Waals surface area contributed by atoms with Crippen molar-refractivity contribution >= 4 is 5.97 Å². The Labute approximate surface area is 120 Å². The van der Waals surface area contributed by atoms with E-state index in [4.69, 9.17) is 9.47 Å². The third kappa shape index (κ3) is 4.05. The van der Waals surface area contributed by atoms with Gasteiger partial charge in [0.15, 0.2) is 0 Å². The number of carbonyl (C=O) groups excluding carboxylic acids is 1. The summed E-state index contributed by atoms with van der Waals surface area (Å²) in [5, 5.41) is 3.48. The largest absolute Gasteiger partial charge is 0.460 e. The molecule has 1 aliphatic rings. The lowest BCUT2D eigenvalue weighted by Crippen LogP contribution is -2.28. The Hall–Kier alpha value is -1.39. The molecule has 20 heavy (non-hydrogen) atoms. The first kappa shape index (κ1) is 15.0. The summed E-state index contributed by atoms with van der Waals surface area (Å²) >= 11 is 0. The SMILES string of the molecule is CC(=O)OC(C)CO[C@@H]1CCN[C@@H]1c1cccc(C)c1. The van der Waals surface area contributed by atoms with E-state index in [2.05, 4.69) is 36.5 Å².